The Balaban J connectivity index is 1.68. The number of ether oxygens (including phenoxy) is 2. The van der Waals surface area contributed by atoms with E-state index in [-0.39, 0.29) is 18.2 Å². The third kappa shape index (κ3) is 4.35. The minimum atomic E-state index is -0.331. The van der Waals surface area contributed by atoms with Gasteiger partial charge in [0, 0.05) is 23.2 Å². The summed E-state index contributed by atoms with van der Waals surface area (Å²) >= 11 is 5.59. The van der Waals surface area contributed by atoms with Crippen LogP contribution in [-0.4, -0.2) is 27.7 Å². The molecule has 0 saturated carbocycles. The molecule has 6 heteroatoms. The minimum absolute atomic E-state index is 0.240. The Morgan fingerprint density at radius 2 is 1.80 bits per heavy atom. The highest BCUT2D eigenvalue weighted by atomic mass is 32.1. The predicted molar refractivity (Wildman–Crippen MR) is 118 cm³/mol. The third-order valence-electron chi connectivity index (χ3n) is 5.19. The van der Waals surface area contributed by atoms with Crippen LogP contribution in [0.15, 0.2) is 60.7 Å². The van der Waals surface area contributed by atoms with Gasteiger partial charge in [-0.2, -0.15) is 0 Å². The van der Waals surface area contributed by atoms with Gasteiger partial charge in [0.25, 0.3) is 0 Å². The normalized spacial score (nSPS) is 14.7. The number of hydrogen-bond donors (Lipinski definition) is 0. The minimum Gasteiger partial charge on any atom is -0.460 e. The summed E-state index contributed by atoms with van der Waals surface area (Å²) in [5.41, 5.74) is 3.26. The van der Waals surface area contributed by atoms with Crippen LogP contribution in [0.25, 0.3) is 11.4 Å². The van der Waals surface area contributed by atoms with Crippen molar-refractivity contribution in [1.29, 1.82) is 0 Å². The first kappa shape index (κ1) is 20.4. The average molecular weight is 421 g/mol. The predicted octanol–water partition coefficient (Wildman–Crippen LogP) is 4.99. The van der Waals surface area contributed by atoms with Gasteiger partial charge in [-0.15, -0.1) is 0 Å². The van der Waals surface area contributed by atoms with Gasteiger partial charge in [0.05, 0.1) is 24.3 Å². The molecule has 0 N–H and O–H groups in total. The first-order valence-corrected chi connectivity index (χ1v) is 10.4. The Hall–Kier alpha value is -2.83. The second-order valence-corrected chi connectivity index (χ2v) is 8.30. The standard InChI is InChI=1S/C24H24N2O3S/c1-24(2)15-20-19(16-29-24)22(30)25-21(17-9-5-3-6-10-17)26(20)13-14-28-23(27)18-11-7-4-8-12-18/h3-12H,13-16H2,1-2H3. The van der Waals surface area contributed by atoms with E-state index in [9.17, 15) is 4.79 Å². The van der Waals surface area contributed by atoms with Crippen LogP contribution in [-0.2, 0) is 29.0 Å². The van der Waals surface area contributed by atoms with E-state index >= 15 is 0 Å². The molecule has 0 aliphatic carbocycles. The van der Waals surface area contributed by atoms with E-state index in [0.29, 0.717) is 29.8 Å². The van der Waals surface area contributed by atoms with E-state index in [1.807, 2.05) is 48.5 Å². The molecule has 1 aliphatic rings. The molecule has 5 nitrogen and oxygen atoms in total. The molecule has 154 valence electrons. The van der Waals surface area contributed by atoms with Crippen LogP contribution in [0.4, 0.5) is 0 Å². The van der Waals surface area contributed by atoms with Crippen LogP contribution in [0.1, 0.15) is 35.5 Å². The highest BCUT2D eigenvalue weighted by molar-refractivity contribution is 7.71. The van der Waals surface area contributed by atoms with Crippen molar-refractivity contribution in [2.75, 3.05) is 6.61 Å². The van der Waals surface area contributed by atoms with Crippen molar-refractivity contribution >= 4 is 18.2 Å². The van der Waals surface area contributed by atoms with Crippen molar-refractivity contribution in [2.24, 2.45) is 0 Å². The number of carbonyl (C=O) groups excluding carboxylic acids is 1. The molecule has 0 bridgehead atoms. The van der Waals surface area contributed by atoms with Crippen LogP contribution in [0.5, 0.6) is 0 Å². The molecule has 1 aromatic heterocycles. The van der Waals surface area contributed by atoms with Gasteiger partial charge in [-0.1, -0.05) is 60.7 Å². The number of hydrogen-bond acceptors (Lipinski definition) is 5. The largest absolute Gasteiger partial charge is 0.460 e. The summed E-state index contributed by atoms with van der Waals surface area (Å²) in [6, 6.07) is 19.0. The van der Waals surface area contributed by atoms with Gasteiger partial charge in [0.1, 0.15) is 17.1 Å². The SMILES string of the molecule is CC1(C)Cc2c(c(=S)nc(-c3ccccc3)n2CCOC(=O)c2ccccc2)CO1. The Morgan fingerprint density at radius 1 is 1.13 bits per heavy atom. The number of esters is 1. The molecule has 4 rings (SSSR count). The fourth-order valence-corrected chi connectivity index (χ4v) is 3.91. The number of rotatable bonds is 5. The summed E-state index contributed by atoms with van der Waals surface area (Å²) in [6.07, 6.45) is 0.709. The van der Waals surface area contributed by atoms with Crippen LogP contribution in [0, 0.1) is 4.64 Å². The lowest BCUT2D eigenvalue weighted by Crippen LogP contribution is -2.35. The van der Waals surface area contributed by atoms with Crippen molar-refractivity contribution < 1.29 is 14.3 Å². The third-order valence-corrected chi connectivity index (χ3v) is 5.52. The number of carbonyl (C=O) groups is 1. The van der Waals surface area contributed by atoms with E-state index in [0.717, 1.165) is 22.6 Å². The highest BCUT2D eigenvalue weighted by Crippen LogP contribution is 2.31. The zero-order valence-electron chi connectivity index (χ0n) is 17.1. The maximum absolute atomic E-state index is 12.4. The lowest BCUT2D eigenvalue weighted by molar-refractivity contribution is -0.0430. The van der Waals surface area contributed by atoms with E-state index in [1.54, 1.807) is 12.1 Å². The molecule has 0 amide bonds. The monoisotopic (exact) mass is 420 g/mol. The van der Waals surface area contributed by atoms with Gasteiger partial charge in [0.2, 0.25) is 0 Å². The number of benzene rings is 2. The maximum atomic E-state index is 12.4. The van der Waals surface area contributed by atoms with Gasteiger partial charge in [-0.25, -0.2) is 9.78 Å². The molecular weight excluding hydrogens is 396 g/mol. The topological polar surface area (TPSA) is 53.4 Å². The number of aromatic nitrogens is 2. The summed E-state index contributed by atoms with van der Waals surface area (Å²) in [5, 5.41) is 0. The number of fused-ring (bicyclic) bond motifs is 1. The molecule has 0 radical (unpaired) electrons. The van der Waals surface area contributed by atoms with Crippen LogP contribution >= 0.6 is 12.2 Å². The van der Waals surface area contributed by atoms with Crippen LogP contribution < -0.4 is 0 Å². The van der Waals surface area contributed by atoms with Gasteiger partial charge >= 0.3 is 5.97 Å². The molecular formula is C24H24N2O3S. The molecule has 0 unspecified atom stereocenters. The molecule has 2 aromatic carbocycles. The molecule has 2 heterocycles. The second kappa shape index (κ2) is 8.50. The molecule has 30 heavy (non-hydrogen) atoms. The summed E-state index contributed by atoms with van der Waals surface area (Å²) in [5.74, 6) is 0.454. The highest BCUT2D eigenvalue weighted by Gasteiger charge is 2.30. The van der Waals surface area contributed by atoms with Crippen molar-refractivity contribution in [3.05, 3.63) is 82.1 Å². The Labute approximate surface area is 181 Å². The first-order chi connectivity index (χ1) is 14.4. The number of nitrogens with zero attached hydrogens (tertiary/aromatic N) is 2. The summed E-state index contributed by atoms with van der Waals surface area (Å²) in [4.78, 5) is 17.1. The smallest absolute Gasteiger partial charge is 0.338 e. The van der Waals surface area contributed by atoms with Crippen LogP contribution in [0.3, 0.4) is 0 Å². The van der Waals surface area contributed by atoms with E-state index in [2.05, 4.69) is 18.4 Å². The average Bonchev–Trinajstić information content (AvgIpc) is 2.75. The maximum Gasteiger partial charge on any atom is 0.338 e. The molecule has 1 aliphatic heterocycles. The van der Waals surface area contributed by atoms with Crippen molar-refractivity contribution in [3.8, 4) is 11.4 Å². The fourth-order valence-electron chi connectivity index (χ4n) is 3.64. The zero-order valence-corrected chi connectivity index (χ0v) is 17.9. The van der Waals surface area contributed by atoms with Crippen molar-refractivity contribution in [3.63, 3.8) is 0 Å². The van der Waals surface area contributed by atoms with Gasteiger partial charge in [-0.05, 0) is 26.0 Å². The summed E-state index contributed by atoms with van der Waals surface area (Å²) in [7, 11) is 0. The zero-order chi connectivity index (χ0) is 21.1. The molecule has 0 spiro atoms. The summed E-state index contributed by atoms with van der Waals surface area (Å²) in [6.45, 7) is 5.31. The van der Waals surface area contributed by atoms with Crippen molar-refractivity contribution in [1.82, 2.24) is 9.55 Å². The Morgan fingerprint density at radius 3 is 2.50 bits per heavy atom. The van der Waals surface area contributed by atoms with Gasteiger partial charge in [0.15, 0.2) is 0 Å². The Kier molecular flexibility index (Phi) is 5.79. The van der Waals surface area contributed by atoms with E-state index in [1.165, 1.54) is 0 Å². The molecule has 0 fully saturated rings. The van der Waals surface area contributed by atoms with Crippen LogP contribution in [0.2, 0.25) is 0 Å². The van der Waals surface area contributed by atoms with Crippen molar-refractivity contribution in [2.45, 2.75) is 39.0 Å². The lowest BCUT2D eigenvalue weighted by Gasteiger charge is -2.34. The quantitative estimate of drug-likeness (QED) is 0.430. The lowest BCUT2D eigenvalue weighted by atomic mass is 9.96. The summed E-state index contributed by atoms with van der Waals surface area (Å²) < 4.78 is 14.2. The van der Waals surface area contributed by atoms with Gasteiger partial charge < -0.3 is 14.0 Å². The van der Waals surface area contributed by atoms with Gasteiger partial charge in [-0.3, -0.25) is 0 Å². The van der Waals surface area contributed by atoms with E-state index in [4.69, 9.17) is 26.7 Å². The fraction of sp³-hybridized carbons (Fsp3) is 0.292. The Bertz CT molecular complexity index is 1110. The van der Waals surface area contributed by atoms with E-state index < -0.39 is 0 Å². The first-order valence-electron chi connectivity index (χ1n) is 9.99. The molecule has 0 atom stereocenters. The molecule has 3 aromatic rings. The molecule has 0 saturated heterocycles. The second-order valence-electron chi connectivity index (χ2n) is 7.91.